The Bertz CT molecular complexity index is 890. The Balaban J connectivity index is 1.39. The average molecular weight is 362 g/mol. The largest absolute Gasteiger partial charge is 0.351 e. The first-order chi connectivity index (χ1) is 13.1. The predicted molar refractivity (Wildman–Crippen MR) is 103 cm³/mol. The molecule has 4 rings (SSSR count). The number of amides is 1. The van der Waals surface area contributed by atoms with Crippen molar-refractivity contribution in [2.75, 3.05) is 6.54 Å². The molecule has 0 aliphatic heterocycles. The fourth-order valence-electron chi connectivity index (χ4n) is 3.77. The highest BCUT2D eigenvalue weighted by Gasteiger charge is 2.41. The van der Waals surface area contributed by atoms with Gasteiger partial charge in [-0.1, -0.05) is 31.1 Å². The summed E-state index contributed by atoms with van der Waals surface area (Å²) in [5.41, 5.74) is 1.69. The minimum absolute atomic E-state index is 0.204. The summed E-state index contributed by atoms with van der Waals surface area (Å²) in [5.74, 6) is 5.90. The van der Waals surface area contributed by atoms with Gasteiger partial charge in [-0.05, 0) is 60.9 Å². The lowest BCUT2D eigenvalue weighted by Gasteiger charge is -2.42. The van der Waals surface area contributed by atoms with Crippen molar-refractivity contribution in [3.63, 3.8) is 0 Å². The Labute approximate surface area is 159 Å². The monoisotopic (exact) mass is 362 g/mol. The molecule has 1 amide bonds. The number of carbonyl (C=O) groups excluding carboxylic acids is 1. The summed E-state index contributed by atoms with van der Waals surface area (Å²) in [6, 6.07) is 8.03. The molecule has 4 heteroatoms. The molecule has 3 nitrogen and oxygen atoms in total. The maximum absolute atomic E-state index is 14.4. The van der Waals surface area contributed by atoms with Crippen molar-refractivity contribution in [2.45, 2.75) is 38.5 Å². The van der Waals surface area contributed by atoms with Gasteiger partial charge in [-0.3, -0.25) is 9.78 Å². The highest BCUT2D eigenvalue weighted by molar-refractivity contribution is 5.94. The zero-order valence-electron chi connectivity index (χ0n) is 15.3. The molecule has 2 fully saturated rings. The number of nitrogens with zero attached hydrogens (tertiary/aromatic N) is 1. The van der Waals surface area contributed by atoms with Crippen LogP contribution in [-0.2, 0) is 0 Å². The predicted octanol–water partition coefficient (Wildman–Crippen LogP) is 4.32. The van der Waals surface area contributed by atoms with Gasteiger partial charge in [-0.2, -0.15) is 0 Å². The number of nitrogens with one attached hydrogen (secondary N) is 1. The van der Waals surface area contributed by atoms with Crippen LogP contribution in [0.5, 0.6) is 0 Å². The van der Waals surface area contributed by atoms with Crippen LogP contribution in [0, 0.1) is 29.0 Å². The van der Waals surface area contributed by atoms with E-state index in [1.165, 1.54) is 44.6 Å². The molecule has 2 aromatic rings. The number of benzene rings is 1. The van der Waals surface area contributed by atoms with Gasteiger partial charge in [-0.15, -0.1) is 0 Å². The van der Waals surface area contributed by atoms with Crippen LogP contribution in [0.25, 0.3) is 0 Å². The van der Waals surface area contributed by atoms with Gasteiger partial charge in [-0.25, -0.2) is 4.39 Å². The van der Waals surface area contributed by atoms with Gasteiger partial charge >= 0.3 is 0 Å². The molecule has 0 spiro atoms. The molecule has 2 aliphatic rings. The van der Waals surface area contributed by atoms with Crippen LogP contribution in [0.1, 0.15) is 60.0 Å². The Morgan fingerprint density at radius 1 is 1.19 bits per heavy atom. The van der Waals surface area contributed by atoms with Crippen LogP contribution in [-0.4, -0.2) is 17.4 Å². The summed E-state index contributed by atoms with van der Waals surface area (Å²) in [6.45, 7) is 0.702. The Morgan fingerprint density at radius 2 is 1.96 bits per heavy atom. The molecule has 0 unspecified atom stereocenters. The Morgan fingerprint density at radius 3 is 2.59 bits per heavy atom. The number of hydrogen-bond donors (Lipinski definition) is 1. The topological polar surface area (TPSA) is 42.0 Å². The van der Waals surface area contributed by atoms with Gasteiger partial charge in [0.25, 0.3) is 5.91 Å². The van der Waals surface area contributed by atoms with E-state index in [0.29, 0.717) is 12.1 Å². The van der Waals surface area contributed by atoms with Crippen molar-refractivity contribution >= 4 is 5.91 Å². The molecule has 2 saturated carbocycles. The summed E-state index contributed by atoms with van der Waals surface area (Å²) in [5, 5.41) is 3.03. The van der Waals surface area contributed by atoms with Crippen molar-refractivity contribution in [1.29, 1.82) is 0 Å². The highest BCUT2D eigenvalue weighted by atomic mass is 19.1. The van der Waals surface area contributed by atoms with Gasteiger partial charge in [0.15, 0.2) is 0 Å². The van der Waals surface area contributed by atoms with Crippen LogP contribution >= 0.6 is 0 Å². The van der Waals surface area contributed by atoms with Crippen molar-refractivity contribution in [1.82, 2.24) is 10.3 Å². The first-order valence-corrected chi connectivity index (χ1v) is 9.63. The molecule has 1 heterocycles. The quantitative estimate of drug-likeness (QED) is 0.805. The van der Waals surface area contributed by atoms with Crippen LogP contribution in [0.15, 0.2) is 42.7 Å². The summed E-state index contributed by atoms with van der Waals surface area (Å²) >= 11 is 0. The fraction of sp³-hybridized carbons (Fsp3) is 0.391. The van der Waals surface area contributed by atoms with E-state index in [-0.39, 0.29) is 16.9 Å². The SMILES string of the molecule is O=C(NCC1(CC2CC2)CCC1)c1ccc(C#Cc2ccncc2)c(F)c1. The van der Waals surface area contributed by atoms with Crippen molar-refractivity contribution in [2.24, 2.45) is 11.3 Å². The molecule has 1 aromatic carbocycles. The number of halogens is 1. The molecule has 1 aromatic heterocycles. The smallest absolute Gasteiger partial charge is 0.251 e. The molecule has 27 heavy (non-hydrogen) atoms. The number of carbonyl (C=O) groups is 1. The first-order valence-electron chi connectivity index (χ1n) is 9.63. The minimum atomic E-state index is -0.472. The van der Waals surface area contributed by atoms with E-state index < -0.39 is 5.82 Å². The van der Waals surface area contributed by atoms with E-state index in [2.05, 4.69) is 22.1 Å². The number of aromatic nitrogens is 1. The zero-order chi connectivity index (χ0) is 18.7. The third kappa shape index (κ3) is 4.36. The van der Waals surface area contributed by atoms with Crippen LogP contribution in [0.2, 0.25) is 0 Å². The van der Waals surface area contributed by atoms with Gasteiger partial charge < -0.3 is 5.32 Å². The average Bonchev–Trinajstić information content (AvgIpc) is 3.47. The van der Waals surface area contributed by atoms with E-state index >= 15 is 0 Å². The molecule has 138 valence electrons. The number of rotatable bonds is 5. The van der Waals surface area contributed by atoms with E-state index in [9.17, 15) is 9.18 Å². The second-order valence-corrected chi connectivity index (χ2v) is 7.86. The third-order valence-corrected chi connectivity index (χ3v) is 5.71. The van der Waals surface area contributed by atoms with Crippen molar-refractivity contribution < 1.29 is 9.18 Å². The molecule has 2 aliphatic carbocycles. The highest BCUT2D eigenvalue weighted by Crippen LogP contribution is 2.50. The lowest BCUT2D eigenvalue weighted by Crippen LogP contribution is -2.42. The number of pyridine rings is 1. The van der Waals surface area contributed by atoms with Crippen LogP contribution in [0.3, 0.4) is 0 Å². The minimum Gasteiger partial charge on any atom is -0.351 e. The van der Waals surface area contributed by atoms with E-state index in [1.807, 2.05) is 0 Å². The van der Waals surface area contributed by atoms with Crippen LogP contribution < -0.4 is 5.32 Å². The van der Waals surface area contributed by atoms with Gasteiger partial charge in [0.2, 0.25) is 0 Å². The molecule has 0 saturated heterocycles. The summed E-state index contributed by atoms with van der Waals surface area (Å²) in [6.07, 6.45) is 10.8. The van der Waals surface area contributed by atoms with E-state index in [0.717, 1.165) is 11.5 Å². The van der Waals surface area contributed by atoms with E-state index in [1.54, 1.807) is 36.7 Å². The normalized spacial score (nSPS) is 17.4. The second kappa shape index (κ2) is 7.52. The second-order valence-electron chi connectivity index (χ2n) is 7.86. The molecule has 0 bridgehead atoms. The van der Waals surface area contributed by atoms with Gasteiger partial charge in [0, 0.05) is 30.1 Å². The summed E-state index contributed by atoms with van der Waals surface area (Å²) in [7, 11) is 0. The fourth-order valence-corrected chi connectivity index (χ4v) is 3.77. The zero-order valence-corrected chi connectivity index (χ0v) is 15.3. The Hall–Kier alpha value is -2.67. The van der Waals surface area contributed by atoms with Crippen molar-refractivity contribution in [3.05, 3.63) is 65.2 Å². The molecule has 0 radical (unpaired) electrons. The number of hydrogen-bond acceptors (Lipinski definition) is 2. The first kappa shape index (κ1) is 17.7. The van der Waals surface area contributed by atoms with Gasteiger partial charge in [0.05, 0.1) is 5.56 Å². The Kier molecular flexibility index (Phi) is 4.94. The van der Waals surface area contributed by atoms with Crippen molar-refractivity contribution in [3.8, 4) is 11.8 Å². The lowest BCUT2D eigenvalue weighted by atomic mass is 9.65. The van der Waals surface area contributed by atoms with Crippen LogP contribution in [0.4, 0.5) is 4.39 Å². The lowest BCUT2D eigenvalue weighted by molar-refractivity contribution is 0.0813. The molecular formula is C23H23FN2O. The third-order valence-electron chi connectivity index (χ3n) is 5.71. The maximum Gasteiger partial charge on any atom is 0.251 e. The standard InChI is InChI=1S/C23H23FN2O/c24-21-14-20(7-6-19(21)5-4-17-8-12-25-13-9-17)22(27)26-16-23(10-1-11-23)15-18-2-3-18/h6-9,12-14,18H,1-3,10-11,15-16H2,(H,26,27). The van der Waals surface area contributed by atoms with E-state index in [4.69, 9.17) is 0 Å². The summed E-state index contributed by atoms with van der Waals surface area (Å²) < 4.78 is 14.4. The molecular weight excluding hydrogens is 339 g/mol. The molecule has 1 N–H and O–H groups in total. The summed E-state index contributed by atoms with van der Waals surface area (Å²) in [4.78, 5) is 16.4. The maximum atomic E-state index is 14.4. The molecule has 0 atom stereocenters. The van der Waals surface area contributed by atoms with Gasteiger partial charge in [0.1, 0.15) is 5.82 Å².